The van der Waals surface area contributed by atoms with Crippen LogP contribution in [-0.2, 0) is 0 Å². The molecule has 0 unspecified atom stereocenters. The molecule has 0 saturated heterocycles. The Labute approximate surface area is 95.1 Å². The fourth-order valence-corrected chi connectivity index (χ4v) is 1.49. The highest BCUT2D eigenvalue weighted by atomic mass is 16.5. The Balaban J connectivity index is 2.34. The molecule has 82 valence electrons. The van der Waals surface area contributed by atoms with E-state index in [4.69, 9.17) is 4.74 Å². The zero-order valence-corrected chi connectivity index (χ0v) is 9.40. The van der Waals surface area contributed by atoms with Gasteiger partial charge in [0.15, 0.2) is 11.5 Å². The van der Waals surface area contributed by atoms with Crippen molar-refractivity contribution < 1.29 is 9.84 Å². The monoisotopic (exact) mass is 214 g/mol. The number of ether oxygens (including phenoxy) is 1. The minimum Gasteiger partial charge on any atom is -0.504 e. The van der Waals surface area contributed by atoms with Crippen molar-refractivity contribution >= 4 is 0 Å². The van der Waals surface area contributed by atoms with Crippen LogP contribution < -0.4 is 4.74 Å². The molecular formula is C14H14O2. The van der Waals surface area contributed by atoms with Gasteiger partial charge in [-0.25, -0.2) is 0 Å². The lowest BCUT2D eigenvalue weighted by molar-refractivity contribution is 0.409. The van der Waals surface area contributed by atoms with Crippen LogP contribution in [0, 0.1) is 13.8 Å². The molecule has 2 heteroatoms. The van der Waals surface area contributed by atoms with Crippen LogP contribution in [0.1, 0.15) is 11.1 Å². The molecule has 0 atom stereocenters. The van der Waals surface area contributed by atoms with Crippen molar-refractivity contribution in [3.63, 3.8) is 0 Å². The van der Waals surface area contributed by atoms with Gasteiger partial charge in [-0.3, -0.25) is 0 Å². The Kier molecular flexibility index (Phi) is 2.82. The van der Waals surface area contributed by atoms with E-state index >= 15 is 0 Å². The Hall–Kier alpha value is -1.96. The third-order valence-corrected chi connectivity index (χ3v) is 2.43. The van der Waals surface area contributed by atoms with Gasteiger partial charge >= 0.3 is 0 Å². The van der Waals surface area contributed by atoms with E-state index in [2.05, 4.69) is 0 Å². The Morgan fingerprint density at radius 2 is 1.69 bits per heavy atom. The van der Waals surface area contributed by atoms with Gasteiger partial charge in [-0.15, -0.1) is 0 Å². The van der Waals surface area contributed by atoms with Gasteiger partial charge in [-0.05, 0) is 43.2 Å². The van der Waals surface area contributed by atoms with E-state index in [1.807, 2.05) is 50.2 Å². The summed E-state index contributed by atoms with van der Waals surface area (Å²) in [6.07, 6.45) is 0. The zero-order valence-electron chi connectivity index (χ0n) is 9.40. The lowest BCUT2D eigenvalue weighted by atomic mass is 10.2. The molecule has 0 aliphatic carbocycles. The van der Waals surface area contributed by atoms with Gasteiger partial charge in [-0.2, -0.15) is 0 Å². The maximum Gasteiger partial charge on any atom is 0.169 e. The first-order valence-electron chi connectivity index (χ1n) is 5.20. The van der Waals surface area contributed by atoms with Gasteiger partial charge in [0, 0.05) is 0 Å². The van der Waals surface area contributed by atoms with E-state index in [9.17, 15) is 5.11 Å². The number of aryl methyl sites for hydroxylation is 2. The van der Waals surface area contributed by atoms with Gasteiger partial charge < -0.3 is 9.84 Å². The van der Waals surface area contributed by atoms with Crippen molar-refractivity contribution in [1.29, 1.82) is 0 Å². The minimum atomic E-state index is 0.161. The number of hydrogen-bond donors (Lipinski definition) is 1. The highest BCUT2D eigenvalue weighted by molar-refractivity contribution is 5.45. The predicted molar refractivity (Wildman–Crippen MR) is 64.1 cm³/mol. The molecule has 16 heavy (non-hydrogen) atoms. The van der Waals surface area contributed by atoms with Gasteiger partial charge in [0.2, 0.25) is 0 Å². The first kappa shape index (κ1) is 10.6. The van der Waals surface area contributed by atoms with E-state index in [1.165, 1.54) is 0 Å². The minimum absolute atomic E-state index is 0.161. The molecule has 0 fully saturated rings. The first-order valence-corrected chi connectivity index (χ1v) is 5.20. The summed E-state index contributed by atoms with van der Waals surface area (Å²) >= 11 is 0. The van der Waals surface area contributed by atoms with Gasteiger partial charge in [0.05, 0.1) is 0 Å². The van der Waals surface area contributed by atoms with Crippen molar-refractivity contribution in [1.82, 2.24) is 0 Å². The first-order chi connectivity index (χ1) is 7.66. The number of benzene rings is 2. The summed E-state index contributed by atoms with van der Waals surface area (Å²) in [4.78, 5) is 0. The molecule has 2 aromatic carbocycles. The second-order valence-corrected chi connectivity index (χ2v) is 3.84. The molecule has 0 aliphatic heterocycles. The van der Waals surface area contributed by atoms with E-state index in [1.54, 1.807) is 6.07 Å². The van der Waals surface area contributed by atoms with E-state index < -0.39 is 0 Å². The third-order valence-electron chi connectivity index (χ3n) is 2.43. The second kappa shape index (κ2) is 4.27. The number of phenols is 1. The maximum atomic E-state index is 9.66. The molecule has 0 amide bonds. The molecule has 2 aromatic rings. The highest BCUT2D eigenvalue weighted by Crippen LogP contribution is 2.32. The van der Waals surface area contributed by atoms with Crippen LogP contribution in [-0.4, -0.2) is 5.11 Å². The molecule has 0 spiro atoms. The zero-order chi connectivity index (χ0) is 11.5. The molecule has 2 rings (SSSR count). The SMILES string of the molecule is Cc1ccc(O)c(Oc2ccccc2C)c1. The summed E-state index contributed by atoms with van der Waals surface area (Å²) in [6.45, 7) is 3.94. The predicted octanol–water partition coefficient (Wildman–Crippen LogP) is 3.80. The summed E-state index contributed by atoms with van der Waals surface area (Å²) in [7, 11) is 0. The lowest BCUT2D eigenvalue weighted by Gasteiger charge is -2.10. The Morgan fingerprint density at radius 3 is 2.44 bits per heavy atom. The molecule has 0 radical (unpaired) electrons. The van der Waals surface area contributed by atoms with Gasteiger partial charge in [0.25, 0.3) is 0 Å². The summed E-state index contributed by atoms with van der Waals surface area (Å²) in [5.41, 5.74) is 2.10. The van der Waals surface area contributed by atoms with Crippen molar-refractivity contribution in [2.75, 3.05) is 0 Å². The van der Waals surface area contributed by atoms with Crippen molar-refractivity contribution in [3.05, 3.63) is 53.6 Å². The van der Waals surface area contributed by atoms with E-state index in [0.717, 1.165) is 16.9 Å². The highest BCUT2D eigenvalue weighted by Gasteiger charge is 2.05. The fourth-order valence-electron chi connectivity index (χ4n) is 1.49. The largest absolute Gasteiger partial charge is 0.504 e. The average molecular weight is 214 g/mol. The van der Waals surface area contributed by atoms with Gasteiger partial charge in [-0.1, -0.05) is 24.3 Å². The third kappa shape index (κ3) is 2.16. The molecule has 0 saturated carbocycles. The Bertz CT molecular complexity index is 504. The summed E-state index contributed by atoms with van der Waals surface area (Å²) in [6, 6.07) is 13.0. The smallest absolute Gasteiger partial charge is 0.169 e. The maximum absolute atomic E-state index is 9.66. The molecule has 0 aromatic heterocycles. The van der Waals surface area contributed by atoms with Crippen molar-refractivity contribution in [2.24, 2.45) is 0 Å². The van der Waals surface area contributed by atoms with Crippen molar-refractivity contribution in [3.8, 4) is 17.2 Å². The number of aromatic hydroxyl groups is 1. The van der Waals surface area contributed by atoms with Crippen LogP contribution in [0.2, 0.25) is 0 Å². The van der Waals surface area contributed by atoms with Crippen LogP contribution in [0.4, 0.5) is 0 Å². The topological polar surface area (TPSA) is 29.5 Å². The fraction of sp³-hybridized carbons (Fsp3) is 0.143. The average Bonchev–Trinajstić information content (AvgIpc) is 2.27. The molecule has 2 nitrogen and oxygen atoms in total. The molecule has 1 N–H and O–H groups in total. The number of rotatable bonds is 2. The van der Waals surface area contributed by atoms with Crippen LogP contribution in [0.5, 0.6) is 17.2 Å². The number of hydrogen-bond acceptors (Lipinski definition) is 2. The quantitative estimate of drug-likeness (QED) is 0.823. The standard InChI is InChI=1S/C14H14O2/c1-10-7-8-12(15)14(9-10)16-13-6-4-3-5-11(13)2/h3-9,15H,1-2H3. The van der Waals surface area contributed by atoms with Crippen LogP contribution in [0.3, 0.4) is 0 Å². The molecule has 0 bridgehead atoms. The summed E-state index contributed by atoms with van der Waals surface area (Å²) in [5, 5.41) is 9.66. The summed E-state index contributed by atoms with van der Waals surface area (Å²) in [5.74, 6) is 1.42. The molecule has 0 heterocycles. The summed E-state index contributed by atoms with van der Waals surface area (Å²) < 4.78 is 5.67. The van der Waals surface area contributed by atoms with Crippen molar-refractivity contribution in [2.45, 2.75) is 13.8 Å². The molecular weight excluding hydrogens is 200 g/mol. The Morgan fingerprint density at radius 1 is 0.938 bits per heavy atom. The van der Waals surface area contributed by atoms with E-state index in [-0.39, 0.29) is 5.75 Å². The van der Waals surface area contributed by atoms with Crippen LogP contribution >= 0.6 is 0 Å². The lowest BCUT2D eigenvalue weighted by Crippen LogP contribution is -1.88. The van der Waals surface area contributed by atoms with Crippen LogP contribution in [0.25, 0.3) is 0 Å². The van der Waals surface area contributed by atoms with Gasteiger partial charge in [0.1, 0.15) is 5.75 Å². The van der Waals surface area contributed by atoms with E-state index in [0.29, 0.717) is 5.75 Å². The normalized spacial score (nSPS) is 10.1. The van der Waals surface area contributed by atoms with Crippen LogP contribution in [0.15, 0.2) is 42.5 Å². The number of phenolic OH excluding ortho intramolecular Hbond substituents is 1. The molecule has 0 aliphatic rings. The number of para-hydroxylation sites is 1. The second-order valence-electron chi connectivity index (χ2n) is 3.84.